The highest BCUT2D eigenvalue weighted by molar-refractivity contribution is 5.98. The van der Waals surface area contributed by atoms with E-state index in [2.05, 4.69) is 16.9 Å². The molecule has 1 unspecified atom stereocenters. The Morgan fingerprint density at radius 2 is 2.22 bits per heavy atom. The molecule has 0 spiro atoms. The molecule has 2 heterocycles. The van der Waals surface area contributed by atoms with Crippen LogP contribution in [0.2, 0.25) is 0 Å². The average molecular weight is 378 g/mol. The van der Waals surface area contributed by atoms with Crippen molar-refractivity contribution in [3.63, 3.8) is 0 Å². The van der Waals surface area contributed by atoms with Crippen LogP contribution >= 0.6 is 0 Å². The van der Waals surface area contributed by atoms with Crippen molar-refractivity contribution in [2.75, 3.05) is 18.0 Å². The average Bonchev–Trinajstić information content (AvgIpc) is 2.88. The first kappa shape index (κ1) is 19.3. The van der Waals surface area contributed by atoms with Gasteiger partial charge in [-0.1, -0.05) is 6.58 Å². The number of carbonyl (C=O) groups is 1. The second-order valence-electron chi connectivity index (χ2n) is 7.01. The standard InChI is InChI=1S/C19H24F2N4O2/c1-4-15(26)24-12-5-11(20)7-25(8-12)18-14(21)6-13(19(22)27)17-16(18)9(2)10(3)23-17/h4,6,11-12,19,23,27H,1,5,7-8,22H2,2-3H3,(H,24,26)/t11-,12+,19?/m1/s1. The van der Waals surface area contributed by atoms with E-state index in [0.29, 0.717) is 10.9 Å². The van der Waals surface area contributed by atoms with Gasteiger partial charge in [-0.25, -0.2) is 8.78 Å². The maximum absolute atomic E-state index is 15.0. The van der Waals surface area contributed by atoms with Crippen molar-refractivity contribution in [3.8, 4) is 0 Å². The second kappa shape index (κ2) is 7.28. The Labute approximate surface area is 156 Å². The van der Waals surface area contributed by atoms with Gasteiger partial charge >= 0.3 is 0 Å². The van der Waals surface area contributed by atoms with Gasteiger partial charge in [-0.05, 0) is 31.6 Å². The first-order valence-electron chi connectivity index (χ1n) is 8.79. The number of anilines is 1. The number of aromatic amines is 1. The summed E-state index contributed by atoms with van der Waals surface area (Å²) in [4.78, 5) is 16.3. The van der Waals surface area contributed by atoms with Gasteiger partial charge in [-0.2, -0.15) is 0 Å². The van der Waals surface area contributed by atoms with Crippen molar-refractivity contribution >= 4 is 22.5 Å². The molecule has 1 fully saturated rings. The lowest BCUT2D eigenvalue weighted by molar-refractivity contribution is -0.117. The third-order valence-corrected chi connectivity index (χ3v) is 5.10. The molecule has 1 aromatic carbocycles. The Morgan fingerprint density at radius 3 is 2.85 bits per heavy atom. The Kier molecular flexibility index (Phi) is 5.21. The van der Waals surface area contributed by atoms with E-state index in [9.17, 15) is 14.3 Å². The molecule has 6 nitrogen and oxygen atoms in total. The third-order valence-electron chi connectivity index (χ3n) is 5.10. The molecule has 1 saturated heterocycles. The molecular weight excluding hydrogens is 354 g/mol. The van der Waals surface area contributed by atoms with E-state index in [1.165, 1.54) is 6.07 Å². The van der Waals surface area contributed by atoms with E-state index in [1.807, 2.05) is 13.8 Å². The molecule has 1 aliphatic rings. The Hall–Kier alpha value is -2.45. The van der Waals surface area contributed by atoms with Gasteiger partial charge in [0.25, 0.3) is 0 Å². The van der Waals surface area contributed by atoms with Crippen LogP contribution in [0.25, 0.3) is 10.9 Å². The summed E-state index contributed by atoms with van der Waals surface area (Å²) < 4.78 is 29.4. The topological polar surface area (TPSA) is 94.4 Å². The number of carbonyl (C=O) groups excluding carboxylic acids is 1. The lowest BCUT2D eigenvalue weighted by Gasteiger charge is -2.37. The molecular formula is C19H24F2N4O2. The van der Waals surface area contributed by atoms with Gasteiger partial charge in [0.1, 0.15) is 18.2 Å². The van der Waals surface area contributed by atoms with E-state index in [4.69, 9.17) is 5.73 Å². The molecule has 1 aliphatic heterocycles. The van der Waals surface area contributed by atoms with Crippen LogP contribution in [0.4, 0.5) is 14.5 Å². The number of nitrogens with one attached hydrogen (secondary N) is 2. The van der Waals surface area contributed by atoms with Crippen LogP contribution in [-0.4, -0.2) is 41.3 Å². The zero-order valence-corrected chi connectivity index (χ0v) is 15.4. The van der Waals surface area contributed by atoms with Gasteiger partial charge in [-0.3, -0.25) is 4.79 Å². The van der Waals surface area contributed by atoms with Crippen molar-refractivity contribution in [1.82, 2.24) is 10.3 Å². The largest absolute Gasteiger partial charge is 0.374 e. The summed E-state index contributed by atoms with van der Waals surface area (Å²) in [7, 11) is 0. The van der Waals surface area contributed by atoms with Gasteiger partial charge in [0.15, 0.2) is 0 Å². The van der Waals surface area contributed by atoms with Crippen LogP contribution in [0.3, 0.4) is 0 Å². The van der Waals surface area contributed by atoms with E-state index >= 15 is 4.39 Å². The number of aliphatic hydroxyl groups excluding tert-OH is 1. The zero-order valence-electron chi connectivity index (χ0n) is 15.4. The van der Waals surface area contributed by atoms with Gasteiger partial charge in [0.2, 0.25) is 5.91 Å². The molecule has 2 aromatic rings. The summed E-state index contributed by atoms with van der Waals surface area (Å²) in [6, 6.07) is 0.713. The number of hydrogen-bond acceptors (Lipinski definition) is 4. The fraction of sp³-hybridized carbons (Fsp3) is 0.421. The van der Waals surface area contributed by atoms with Crippen molar-refractivity contribution in [3.05, 3.63) is 41.4 Å². The molecule has 0 saturated carbocycles. The number of piperidine rings is 1. The van der Waals surface area contributed by atoms with Crippen molar-refractivity contribution in [1.29, 1.82) is 0 Å². The summed E-state index contributed by atoms with van der Waals surface area (Å²) in [6.07, 6.45) is -1.28. The molecule has 146 valence electrons. The van der Waals surface area contributed by atoms with E-state index in [1.54, 1.807) is 4.90 Å². The molecule has 1 amide bonds. The zero-order chi connectivity index (χ0) is 19.9. The highest BCUT2D eigenvalue weighted by Gasteiger charge is 2.32. The van der Waals surface area contributed by atoms with Gasteiger partial charge in [-0.15, -0.1) is 0 Å². The molecule has 0 radical (unpaired) electrons. The lowest BCUT2D eigenvalue weighted by atomic mass is 9.99. The van der Waals surface area contributed by atoms with Crippen molar-refractivity contribution in [2.45, 2.75) is 38.7 Å². The molecule has 5 N–H and O–H groups in total. The summed E-state index contributed by atoms with van der Waals surface area (Å²) >= 11 is 0. The number of aliphatic hydroxyl groups is 1. The number of H-pyrrole nitrogens is 1. The third kappa shape index (κ3) is 3.54. The summed E-state index contributed by atoms with van der Waals surface area (Å²) in [5, 5.41) is 13.1. The van der Waals surface area contributed by atoms with Crippen LogP contribution < -0.4 is 16.0 Å². The number of halogens is 2. The number of nitrogens with two attached hydrogens (primary N) is 1. The fourth-order valence-electron chi connectivity index (χ4n) is 3.75. The number of rotatable bonds is 4. The minimum atomic E-state index is -1.34. The molecule has 0 bridgehead atoms. The highest BCUT2D eigenvalue weighted by atomic mass is 19.1. The number of alkyl halides is 1. The van der Waals surface area contributed by atoms with E-state index < -0.39 is 30.2 Å². The number of aryl methyl sites for hydroxylation is 2. The Morgan fingerprint density at radius 1 is 1.52 bits per heavy atom. The smallest absolute Gasteiger partial charge is 0.243 e. The first-order valence-corrected chi connectivity index (χ1v) is 8.79. The molecule has 8 heteroatoms. The fourth-order valence-corrected chi connectivity index (χ4v) is 3.75. The van der Waals surface area contributed by atoms with E-state index in [0.717, 1.165) is 17.3 Å². The minimum absolute atomic E-state index is 0.0146. The summed E-state index contributed by atoms with van der Waals surface area (Å²) in [5.74, 6) is -0.984. The predicted octanol–water partition coefficient (Wildman–Crippen LogP) is 2.09. The van der Waals surface area contributed by atoms with Crippen LogP contribution in [-0.2, 0) is 4.79 Å². The van der Waals surface area contributed by atoms with Crippen LogP contribution in [0, 0.1) is 19.7 Å². The highest BCUT2D eigenvalue weighted by Crippen LogP contribution is 2.38. The molecule has 0 aliphatic carbocycles. The first-order chi connectivity index (χ1) is 12.7. The molecule has 3 rings (SSSR count). The number of amides is 1. The second-order valence-corrected chi connectivity index (χ2v) is 7.01. The van der Waals surface area contributed by atoms with Crippen molar-refractivity contribution in [2.24, 2.45) is 5.73 Å². The minimum Gasteiger partial charge on any atom is -0.374 e. The van der Waals surface area contributed by atoms with Gasteiger partial charge in [0, 0.05) is 42.2 Å². The number of aromatic nitrogens is 1. The summed E-state index contributed by atoms with van der Waals surface area (Å²) in [6.45, 7) is 7.35. The van der Waals surface area contributed by atoms with Crippen LogP contribution in [0.5, 0.6) is 0 Å². The monoisotopic (exact) mass is 378 g/mol. The predicted molar refractivity (Wildman–Crippen MR) is 101 cm³/mol. The maximum Gasteiger partial charge on any atom is 0.243 e. The van der Waals surface area contributed by atoms with Gasteiger partial charge < -0.3 is 26.0 Å². The molecule has 27 heavy (non-hydrogen) atoms. The van der Waals surface area contributed by atoms with Gasteiger partial charge in [0.05, 0.1) is 11.2 Å². The normalized spacial score (nSPS) is 21.3. The lowest BCUT2D eigenvalue weighted by Crippen LogP contribution is -2.51. The molecule has 1 aromatic heterocycles. The Bertz CT molecular complexity index is 894. The summed E-state index contributed by atoms with van der Waals surface area (Å²) in [5.41, 5.74) is 8.22. The number of nitrogens with zero attached hydrogens (tertiary/aromatic N) is 1. The van der Waals surface area contributed by atoms with E-state index in [-0.39, 0.29) is 30.8 Å². The maximum atomic E-state index is 15.0. The van der Waals surface area contributed by atoms with Crippen LogP contribution in [0.15, 0.2) is 18.7 Å². The number of fused-ring (bicyclic) bond motifs is 1. The van der Waals surface area contributed by atoms with Crippen molar-refractivity contribution < 1.29 is 18.7 Å². The quantitative estimate of drug-likeness (QED) is 0.484. The number of benzene rings is 1. The SMILES string of the molecule is C=CC(=O)N[C@H]1C[C@@H](F)CN(c2c(F)cc(C(N)O)c3[nH]c(C)c(C)c23)C1. The molecule has 3 atom stereocenters. The Balaban J connectivity index is 2.10. The number of hydrogen-bond donors (Lipinski definition) is 4. The van der Waals surface area contributed by atoms with Crippen LogP contribution in [0.1, 0.15) is 29.5 Å².